The predicted molar refractivity (Wildman–Crippen MR) is 41.3 cm³/mol. The molecule has 0 aromatic heterocycles. The van der Waals surface area contributed by atoms with Crippen molar-refractivity contribution in [3.63, 3.8) is 0 Å². The summed E-state index contributed by atoms with van der Waals surface area (Å²) < 4.78 is 0. The van der Waals surface area contributed by atoms with Crippen molar-refractivity contribution in [1.82, 2.24) is 0 Å². The molecule has 0 aliphatic heterocycles. The highest BCUT2D eigenvalue weighted by molar-refractivity contribution is 5.99. The van der Waals surface area contributed by atoms with Crippen LogP contribution in [0.1, 0.15) is 13.8 Å². The molecular weight excluding hydrogens is 112 g/mol. The van der Waals surface area contributed by atoms with Gasteiger partial charge in [0.05, 0.1) is 0 Å². The van der Waals surface area contributed by atoms with Gasteiger partial charge in [-0.15, -0.1) is 0 Å². The van der Waals surface area contributed by atoms with Crippen LogP contribution in [0, 0.1) is 11.3 Å². The summed E-state index contributed by atoms with van der Waals surface area (Å²) >= 11 is 0. The molecule has 0 aromatic rings. The van der Waals surface area contributed by atoms with Gasteiger partial charge < -0.3 is 0 Å². The zero-order chi connectivity index (χ0) is 7.28. The van der Waals surface area contributed by atoms with Crippen molar-refractivity contribution in [2.24, 2.45) is 10.9 Å². The van der Waals surface area contributed by atoms with Gasteiger partial charge in [-0.05, 0) is 12.0 Å². The van der Waals surface area contributed by atoms with Crippen LogP contribution in [0.3, 0.4) is 0 Å². The summed E-state index contributed by atoms with van der Waals surface area (Å²) in [5.41, 5.74) is 0.866. The lowest BCUT2D eigenvalue weighted by Gasteiger charge is -2.00. The van der Waals surface area contributed by atoms with Crippen molar-refractivity contribution in [3.05, 3.63) is 12.7 Å². The van der Waals surface area contributed by atoms with E-state index in [0.717, 1.165) is 12.1 Å². The Morgan fingerprint density at radius 3 is 2.33 bits per heavy atom. The molecule has 0 aliphatic rings. The third-order valence-electron chi connectivity index (χ3n) is 1.01. The van der Waals surface area contributed by atoms with Gasteiger partial charge in [0.15, 0.2) is 0 Å². The minimum atomic E-state index is 0.365. The lowest BCUT2D eigenvalue weighted by molar-refractivity contribution is 0.891. The first-order chi connectivity index (χ1) is 4.22. The standard InChI is InChI=1S/C7H12N2/c1-4-7(6(2)3)9-5-8/h4-6,8H,1H2,2-3H3. The zero-order valence-corrected chi connectivity index (χ0v) is 5.89. The highest BCUT2D eigenvalue weighted by Crippen LogP contribution is 1.96. The van der Waals surface area contributed by atoms with E-state index in [1.54, 1.807) is 6.08 Å². The van der Waals surface area contributed by atoms with Gasteiger partial charge in [0, 0.05) is 5.71 Å². The molecule has 9 heavy (non-hydrogen) atoms. The van der Waals surface area contributed by atoms with Crippen molar-refractivity contribution in [2.45, 2.75) is 13.8 Å². The minimum Gasteiger partial charge on any atom is -0.290 e. The van der Waals surface area contributed by atoms with Crippen LogP contribution in [0.25, 0.3) is 0 Å². The van der Waals surface area contributed by atoms with E-state index in [1.165, 1.54) is 0 Å². The van der Waals surface area contributed by atoms with Crippen LogP contribution in [0.15, 0.2) is 17.6 Å². The topological polar surface area (TPSA) is 36.2 Å². The molecule has 0 saturated heterocycles. The number of hydrogen-bond acceptors (Lipinski definition) is 1. The largest absolute Gasteiger partial charge is 0.290 e. The molecule has 0 spiro atoms. The highest BCUT2D eigenvalue weighted by atomic mass is 14.8. The van der Waals surface area contributed by atoms with Gasteiger partial charge in [0.1, 0.15) is 6.34 Å². The maximum atomic E-state index is 6.67. The van der Waals surface area contributed by atoms with Crippen LogP contribution in [-0.4, -0.2) is 12.1 Å². The summed E-state index contributed by atoms with van der Waals surface area (Å²) in [7, 11) is 0. The molecule has 50 valence electrons. The van der Waals surface area contributed by atoms with Gasteiger partial charge in [0.2, 0.25) is 0 Å². The lowest BCUT2D eigenvalue weighted by atomic mass is 10.1. The van der Waals surface area contributed by atoms with Crippen LogP contribution in [0.5, 0.6) is 0 Å². The maximum absolute atomic E-state index is 6.67. The molecule has 0 aromatic carbocycles. The zero-order valence-electron chi connectivity index (χ0n) is 5.89. The van der Waals surface area contributed by atoms with Gasteiger partial charge in [-0.3, -0.25) is 5.41 Å². The highest BCUT2D eigenvalue weighted by Gasteiger charge is 1.96. The fourth-order valence-corrected chi connectivity index (χ4v) is 0.512. The summed E-state index contributed by atoms with van der Waals surface area (Å²) in [5, 5.41) is 6.67. The molecule has 2 heteroatoms. The molecule has 0 fully saturated rings. The fourth-order valence-electron chi connectivity index (χ4n) is 0.512. The van der Waals surface area contributed by atoms with Crippen molar-refractivity contribution < 1.29 is 0 Å². The van der Waals surface area contributed by atoms with Crippen LogP contribution < -0.4 is 0 Å². The Balaban J connectivity index is 4.13. The smallest absolute Gasteiger partial charge is 0.107 e. The summed E-state index contributed by atoms with van der Waals surface area (Å²) in [6, 6.07) is 0. The second-order valence-corrected chi connectivity index (χ2v) is 2.04. The Labute approximate surface area is 55.8 Å². The van der Waals surface area contributed by atoms with E-state index in [1.807, 2.05) is 13.8 Å². The molecular formula is C7H12N2. The molecule has 0 rings (SSSR count). The molecule has 0 saturated carbocycles. The number of nitrogens with zero attached hydrogens (tertiary/aromatic N) is 1. The normalized spacial score (nSPS) is 11.7. The Morgan fingerprint density at radius 1 is 1.67 bits per heavy atom. The maximum Gasteiger partial charge on any atom is 0.107 e. The summed E-state index contributed by atoms with van der Waals surface area (Å²) in [4.78, 5) is 3.78. The Hall–Kier alpha value is -0.920. The van der Waals surface area contributed by atoms with Gasteiger partial charge in [-0.25, -0.2) is 4.99 Å². The quantitative estimate of drug-likeness (QED) is 0.440. The number of nitrogens with one attached hydrogen (secondary N) is 1. The molecule has 2 nitrogen and oxygen atoms in total. The van der Waals surface area contributed by atoms with E-state index < -0.39 is 0 Å². The van der Waals surface area contributed by atoms with Crippen molar-refractivity contribution >= 4 is 12.1 Å². The Morgan fingerprint density at radius 2 is 2.22 bits per heavy atom. The van der Waals surface area contributed by atoms with Crippen LogP contribution in [0.4, 0.5) is 0 Å². The van der Waals surface area contributed by atoms with Crippen molar-refractivity contribution in [2.75, 3.05) is 0 Å². The third kappa shape index (κ3) is 2.80. The van der Waals surface area contributed by atoms with Gasteiger partial charge in [0.25, 0.3) is 0 Å². The van der Waals surface area contributed by atoms with Gasteiger partial charge >= 0.3 is 0 Å². The molecule has 0 heterocycles. The molecule has 0 aliphatic carbocycles. The number of rotatable bonds is 3. The van der Waals surface area contributed by atoms with E-state index in [0.29, 0.717) is 5.92 Å². The average molecular weight is 124 g/mol. The average Bonchev–Trinajstić information content (AvgIpc) is 1.82. The first-order valence-electron chi connectivity index (χ1n) is 2.91. The molecule has 0 unspecified atom stereocenters. The number of hydrogen-bond donors (Lipinski definition) is 1. The molecule has 0 bridgehead atoms. The Bertz CT molecular complexity index is 134. The molecule has 0 radical (unpaired) electrons. The van der Waals surface area contributed by atoms with E-state index >= 15 is 0 Å². The SMILES string of the molecule is C=CC(=NC=N)C(C)C. The predicted octanol–water partition coefficient (Wildman–Crippen LogP) is 1.88. The third-order valence-corrected chi connectivity index (χ3v) is 1.01. The van der Waals surface area contributed by atoms with E-state index in [-0.39, 0.29) is 0 Å². The second kappa shape index (κ2) is 4.01. The summed E-state index contributed by atoms with van der Waals surface area (Å²) in [6.45, 7) is 7.60. The van der Waals surface area contributed by atoms with E-state index in [4.69, 9.17) is 5.41 Å². The van der Waals surface area contributed by atoms with Gasteiger partial charge in [-0.2, -0.15) is 0 Å². The molecule has 0 atom stereocenters. The first kappa shape index (κ1) is 8.08. The number of allylic oxidation sites excluding steroid dienone is 1. The van der Waals surface area contributed by atoms with Crippen LogP contribution in [-0.2, 0) is 0 Å². The monoisotopic (exact) mass is 124 g/mol. The Kier molecular flexibility index (Phi) is 3.60. The second-order valence-electron chi connectivity index (χ2n) is 2.04. The fraction of sp³-hybridized carbons (Fsp3) is 0.429. The van der Waals surface area contributed by atoms with Crippen molar-refractivity contribution in [1.29, 1.82) is 5.41 Å². The summed E-state index contributed by atoms with van der Waals surface area (Å²) in [6.07, 6.45) is 2.72. The summed E-state index contributed by atoms with van der Waals surface area (Å²) in [5.74, 6) is 0.365. The van der Waals surface area contributed by atoms with Crippen LogP contribution >= 0.6 is 0 Å². The first-order valence-corrected chi connectivity index (χ1v) is 2.91. The molecule has 1 N–H and O–H groups in total. The van der Waals surface area contributed by atoms with Crippen molar-refractivity contribution in [3.8, 4) is 0 Å². The lowest BCUT2D eigenvalue weighted by Crippen LogP contribution is -2.02. The van der Waals surface area contributed by atoms with Gasteiger partial charge in [-0.1, -0.05) is 20.4 Å². The van der Waals surface area contributed by atoms with E-state index in [9.17, 15) is 0 Å². The van der Waals surface area contributed by atoms with E-state index in [2.05, 4.69) is 11.6 Å². The molecule has 0 amide bonds. The number of aliphatic imine (C=N–C) groups is 1. The van der Waals surface area contributed by atoms with Crippen LogP contribution in [0.2, 0.25) is 0 Å². The minimum absolute atomic E-state index is 0.365.